The van der Waals surface area contributed by atoms with Crippen molar-refractivity contribution < 1.29 is 19.4 Å². The van der Waals surface area contributed by atoms with Gasteiger partial charge in [-0.1, -0.05) is 18.2 Å². The number of carbonyl (C=O) groups is 1. The number of phenolic OH excluding ortho intramolecular Hbond substituents is 1. The molecule has 2 aromatic carbocycles. The lowest BCUT2D eigenvalue weighted by molar-refractivity contribution is 0.0697. The van der Waals surface area contributed by atoms with E-state index in [2.05, 4.69) is 4.99 Å². The highest BCUT2D eigenvalue weighted by atomic mass is 16.4. The minimum Gasteiger partial charge on any atom is -0.506 e. The predicted octanol–water partition coefficient (Wildman–Crippen LogP) is 4.41. The third-order valence-corrected chi connectivity index (χ3v) is 3.58. The third-order valence-electron chi connectivity index (χ3n) is 3.58. The van der Waals surface area contributed by atoms with Crippen LogP contribution in [0.2, 0.25) is 0 Å². The van der Waals surface area contributed by atoms with Crippen molar-refractivity contribution in [2.75, 3.05) is 0 Å². The molecule has 0 unspecified atom stereocenters. The topological polar surface area (TPSA) is 83.0 Å². The summed E-state index contributed by atoms with van der Waals surface area (Å²) in [6, 6.07) is 15.2. The molecule has 3 aromatic rings. The molecule has 0 saturated carbocycles. The van der Waals surface area contributed by atoms with Gasteiger partial charge in [0.1, 0.15) is 23.0 Å². The Morgan fingerprint density at radius 1 is 1.12 bits per heavy atom. The van der Waals surface area contributed by atoms with E-state index >= 15 is 0 Å². The molecule has 0 saturated heterocycles. The first-order chi connectivity index (χ1) is 11.5. The number of aromatic hydroxyl groups is 1. The standard InChI is InChI=1S/C19H15NO4/c1-12-10-13(19(22)23)6-8-15(12)18-9-7-14(24-18)11-20-16-4-2-3-5-17(16)21/h2-11,21H,1H3,(H,22,23). The lowest BCUT2D eigenvalue weighted by Gasteiger charge is -2.03. The van der Waals surface area contributed by atoms with Crippen molar-refractivity contribution in [3.8, 4) is 17.1 Å². The first-order valence-corrected chi connectivity index (χ1v) is 7.31. The zero-order valence-corrected chi connectivity index (χ0v) is 12.9. The van der Waals surface area contributed by atoms with Crippen LogP contribution in [0.3, 0.4) is 0 Å². The zero-order valence-electron chi connectivity index (χ0n) is 12.9. The van der Waals surface area contributed by atoms with E-state index in [0.29, 0.717) is 17.2 Å². The van der Waals surface area contributed by atoms with Gasteiger partial charge in [-0.25, -0.2) is 9.79 Å². The molecule has 0 fully saturated rings. The quantitative estimate of drug-likeness (QED) is 0.697. The number of aromatic carboxylic acids is 1. The minimum atomic E-state index is -0.959. The second kappa shape index (κ2) is 6.42. The van der Waals surface area contributed by atoms with Crippen molar-refractivity contribution in [2.45, 2.75) is 6.92 Å². The van der Waals surface area contributed by atoms with Crippen molar-refractivity contribution in [3.05, 3.63) is 71.5 Å². The summed E-state index contributed by atoms with van der Waals surface area (Å²) in [6.07, 6.45) is 1.53. The summed E-state index contributed by atoms with van der Waals surface area (Å²) in [5.41, 5.74) is 2.33. The van der Waals surface area contributed by atoms with Gasteiger partial charge in [-0.05, 0) is 48.9 Å². The van der Waals surface area contributed by atoms with Gasteiger partial charge in [-0.15, -0.1) is 0 Å². The monoisotopic (exact) mass is 321 g/mol. The Hall–Kier alpha value is -3.34. The lowest BCUT2D eigenvalue weighted by Crippen LogP contribution is -1.96. The fraction of sp³-hybridized carbons (Fsp3) is 0.0526. The number of aliphatic imine (C=N–C) groups is 1. The zero-order chi connectivity index (χ0) is 17.1. The SMILES string of the molecule is Cc1cc(C(=O)O)ccc1-c1ccc(C=Nc2ccccc2O)o1. The van der Waals surface area contributed by atoms with Gasteiger partial charge in [0.2, 0.25) is 0 Å². The van der Waals surface area contributed by atoms with Crippen LogP contribution in [0, 0.1) is 6.92 Å². The number of furan rings is 1. The van der Waals surface area contributed by atoms with E-state index in [1.807, 2.05) is 6.92 Å². The smallest absolute Gasteiger partial charge is 0.335 e. The number of hydrogen-bond donors (Lipinski definition) is 2. The molecule has 1 heterocycles. The molecule has 5 nitrogen and oxygen atoms in total. The second-order valence-corrected chi connectivity index (χ2v) is 5.28. The largest absolute Gasteiger partial charge is 0.506 e. The Bertz CT molecular complexity index is 925. The van der Waals surface area contributed by atoms with E-state index in [1.165, 1.54) is 6.21 Å². The van der Waals surface area contributed by atoms with Crippen LogP contribution in [0.15, 0.2) is 64.0 Å². The maximum Gasteiger partial charge on any atom is 0.335 e. The van der Waals surface area contributed by atoms with Gasteiger partial charge in [0.05, 0.1) is 11.8 Å². The Morgan fingerprint density at radius 2 is 1.92 bits per heavy atom. The number of benzene rings is 2. The minimum absolute atomic E-state index is 0.0978. The molecule has 0 aliphatic carbocycles. The number of hydrogen-bond acceptors (Lipinski definition) is 4. The van der Waals surface area contributed by atoms with Gasteiger partial charge in [0.25, 0.3) is 0 Å². The second-order valence-electron chi connectivity index (χ2n) is 5.28. The molecular weight excluding hydrogens is 306 g/mol. The highest BCUT2D eigenvalue weighted by molar-refractivity contribution is 5.89. The van der Waals surface area contributed by atoms with E-state index in [-0.39, 0.29) is 11.3 Å². The summed E-state index contributed by atoms with van der Waals surface area (Å²) in [5, 5.41) is 18.7. The Kier molecular flexibility index (Phi) is 4.16. The summed E-state index contributed by atoms with van der Waals surface area (Å²) >= 11 is 0. The molecule has 0 aliphatic rings. The molecule has 2 N–H and O–H groups in total. The molecule has 0 aliphatic heterocycles. The molecule has 0 atom stereocenters. The van der Waals surface area contributed by atoms with E-state index in [1.54, 1.807) is 54.6 Å². The molecule has 120 valence electrons. The van der Waals surface area contributed by atoms with Crippen LogP contribution in [0.5, 0.6) is 5.75 Å². The fourth-order valence-electron chi connectivity index (χ4n) is 2.35. The van der Waals surface area contributed by atoms with Gasteiger partial charge in [0.15, 0.2) is 0 Å². The van der Waals surface area contributed by atoms with E-state index in [0.717, 1.165) is 11.1 Å². The van der Waals surface area contributed by atoms with Crippen molar-refractivity contribution >= 4 is 17.9 Å². The van der Waals surface area contributed by atoms with Crippen LogP contribution in [0.4, 0.5) is 5.69 Å². The first kappa shape index (κ1) is 15.6. The van der Waals surface area contributed by atoms with Crippen molar-refractivity contribution in [1.29, 1.82) is 0 Å². The Balaban J connectivity index is 1.86. The van der Waals surface area contributed by atoms with Crippen molar-refractivity contribution in [3.63, 3.8) is 0 Å². The van der Waals surface area contributed by atoms with Gasteiger partial charge >= 0.3 is 5.97 Å². The molecular formula is C19H15NO4. The lowest BCUT2D eigenvalue weighted by atomic mass is 10.0. The van der Waals surface area contributed by atoms with Crippen molar-refractivity contribution in [2.24, 2.45) is 4.99 Å². The maximum absolute atomic E-state index is 11.0. The summed E-state index contributed by atoms with van der Waals surface area (Å²) in [5.74, 6) is 0.304. The van der Waals surface area contributed by atoms with Crippen LogP contribution in [0.1, 0.15) is 21.7 Å². The van der Waals surface area contributed by atoms with Crippen LogP contribution < -0.4 is 0 Å². The number of carboxylic acid groups (broad SMARTS) is 1. The number of phenols is 1. The Morgan fingerprint density at radius 3 is 2.62 bits per heavy atom. The van der Waals surface area contributed by atoms with Crippen LogP contribution >= 0.6 is 0 Å². The number of para-hydroxylation sites is 2. The highest BCUT2D eigenvalue weighted by Gasteiger charge is 2.10. The fourth-order valence-corrected chi connectivity index (χ4v) is 2.35. The molecule has 0 spiro atoms. The van der Waals surface area contributed by atoms with Crippen molar-refractivity contribution in [1.82, 2.24) is 0 Å². The number of aryl methyl sites for hydroxylation is 1. The van der Waals surface area contributed by atoms with E-state index < -0.39 is 5.97 Å². The normalized spacial score (nSPS) is 11.0. The summed E-state index contributed by atoms with van der Waals surface area (Å²) in [4.78, 5) is 15.2. The molecule has 0 radical (unpaired) electrons. The molecule has 1 aromatic heterocycles. The first-order valence-electron chi connectivity index (χ1n) is 7.31. The third kappa shape index (κ3) is 3.20. The molecule has 0 bridgehead atoms. The Labute approximate surface area is 138 Å². The van der Waals surface area contributed by atoms with Gasteiger partial charge < -0.3 is 14.6 Å². The van der Waals surface area contributed by atoms with E-state index in [9.17, 15) is 9.90 Å². The van der Waals surface area contributed by atoms with Crippen LogP contribution in [-0.4, -0.2) is 22.4 Å². The van der Waals surface area contributed by atoms with Gasteiger partial charge in [0, 0.05) is 5.56 Å². The van der Waals surface area contributed by atoms with Gasteiger partial charge in [-0.3, -0.25) is 0 Å². The molecule has 0 amide bonds. The molecule has 3 rings (SSSR count). The number of nitrogens with zero attached hydrogens (tertiary/aromatic N) is 1. The maximum atomic E-state index is 11.0. The molecule has 24 heavy (non-hydrogen) atoms. The van der Waals surface area contributed by atoms with Crippen LogP contribution in [-0.2, 0) is 0 Å². The average Bonchev–Trinajstić information content (AvgIpc) is 3.02. The average molecular weight is 321 g/mol. The van der Waals surface area contributed by atoms with Crippen LogP contribution in [0.25, 0.3) is 11.3 Å². The predicted molar refractivity (Wildman–Crippen MR) is 91.2 cm³/mol. The summed E-state index contributed by atoms with van der Waals surface area (Å²) in [7, 11) is 0. The number of carboxylic acids is 1. The summed E-state index contributed by atoms with van der Waals surface area (Å²) < 4.78 is 5.73. The van der Waals surface area contributed by atoms with E-state index in [4.69, 9.17) is 9.52 Å². The molecule has 5 heteroatoms. The number of rotatable bonds is 4. The van der Waals surface area contributed by atoms with Gasteiger partial charge in [-0.2, -0.15) is 0 Å². The highest BCUT2D eigenvalue weighted by Crippen LogP contribution is 2.27. The summed E-state index contributed by atoms with van der Waals surface area (Å²) in [6.45, 7) is 1.83.